The minimum Gasteiger partial charge on any atom is -0.486 e. The molecule has 1 N–H and O–H groups in total. The lowest BCUT2D eigenvalue weighted by molar-refractivity contribution is -0.120. The minimum absolute atomic E-state index is 0.0617. The first-order valence-electron chi connectivity index (χ1n) is 8.24. The largest absolute Gasteiger partial charge is 0.486 e. The number of benzene rings is 2. The summed E-state index contributed by atoms with van der Waals surface area (Å²) in [5, 5.41) is 3.69. The Morgan fingerprint density at radius 2 is 1.84 bits per heavy atom. The van der Waals surface area contributed by atoms with Gasteiger partial charge in [-0.25, -0.2) is 0 Å². The number of ether oxygens (including phenoxy) is 2. The van der Waals surface area contributed by atoms with E-state index in [4.69, 9.17) is 21.1 Å². The van der Waals surface area contributed by atoms with Crippen molar-refractivity contribution in [2.24, 2.45) is 0 Å². The van der Waals surface area contributed by atoms with Crippen LogP contribution in [0.15, 0.2) is 47.4 Å². The number of nitrogens with one attached hydrogen (secondary N) is 1. The van der Waals surface area contributed by atoms with E-state index in [0.717, 1.165) is 32.7 Å². The number of aryl methyl sites for hydroxylation is 1. The molecule has 0 spiro atoms. The zero-order valence-electron chi connectivity index (χ0n) is 13.8. The summed E-state index contributed by atoms with van der Waals surface area (Å²) in [6.07, 6.45) is 1.15. The number of halogens is 1. The second-order valence-corrected chi connectivity index (χ2v) is 7.24. The van der Waals surface area contributed by atoms with Crippen molar-refractivity contribution in [3.05, 3.63) is 53.1 Å². The fourth-order valence-electron chi connectivity index (χ4n) is 2.48. The number of amides is 1. The van der Waals surface area contributed by atoms with Crippen LogP contribution >= 0.6 is 23.4 Å². The van der Waals surface area contributed by atoms with E-state index in [1.54, 1.807) is 11.8 Å². The first kappa shape index (κ1) is 18.0. The van der Waals surface area contributed by atoms with Gasteiger partial charge in [-0.3, -0.25) is 4.79 Å². The molecule has 0 aliphatic carbocycles. The third-order valence-corrected chi connectivity index (χ3v) is 5.02. The standard InChI is InChI=1S/C19H20ClNO3S/c20-15-3-5-16(6-4-15)25-12-9-21-19(22)8-2-14-1-7-17-18(13-14)24-11-10-23-17/h1,3-7,13H,2,8-12H2,(H,21,22). The quantitative estimate of drug-likeness (QED) is 0.586. The molecule has 2 aromatic carbocycles. The lowest BCUT2D eigenvalue weighted by Gasteiger charge is -2.18. The van der Waals surface area contributed by atoms with Crippen molar-refractivity contribution in [3.63, 3.8) is 0 Å². The van der Waals surface area contributed by atoms with Gasteiger partial charge in [0.25, 0.3) is 0 Å². The average molecular weight is 378 g/mol. The van der Waals surface area contributed by atoms with E-state index in [-0.39, 0.29) is 5.91 Å². The van der Waals surface area contributed by atoms with Gasteiger partial charge in [0.1, 0.15) is 13.2 Å². The summed E-state index contributed by atoms with van der Waals surface area (Å²) >= 11 is 7.56. The van der Waals surface area contributed by atoms with E-state index in [0.29, 0.717) is 32.6 Å². The molecule has 1 amide bonds. The number of carbonyl (C=O) groups is 1. The number of fused-ring (bicyclic) bond motifs is 1. The fraction of sp³-hybridized carbons (Fsp3) is 0.316. The Morgan fingerprint density at radius 1 is 1.08 bits per heavy atom. The lowest BCUT2D eigenvalue weighted by Crippen LogP contribution is -2.25. The second-order valence-electron chi connectivity index (χ2n) is 5.63. The van der Waals surface area contributed by atoms with Crippen molar-refractivity contribution >= 4 is 29.3 Å². The number of thioether (sulfide) groups is 1. The summed E-state index contributed by atoms with van der Waals surface area (Å²) in [6.45, 7) is 1.80. The third kappa shape index (κ3) is 5.58. The Morgan fingerprint density at radius 3 is 2.64 bits per heavy atom. The van der Waals surface area contributed by atoms with Gasteiger partial charge in [-0.1, -0.05) is 17.7 Å². The number of carbonyl (C=O) groups excluding carboxylic acids is 1. The van der Waals surface area contributed by atoms with Crippen molar-refractivity contribution in [3.8, 4) is 11.5 Å². The summed E-state index contributed by atoms with van der Waals surface area (Å²) in [7, 11) is 0. The maximum absolute atomic E-state index is 12.0. The molecule has 0 saturated heterocycles. The highest BCUT2D eigenvalue weighted by Gasteiger charge is 2.12. The van der Waals surface area contributed by atoms with Crippen LogP contribution in [-0.4, -0.2) is 31.4 Å². The van der Waals surface area contributed by atoms with Crippen LogP contribution in [0.25, 0.3) is 0 Å². The number of rotatable bonds is 7. The smallest absolute Gasteiger partial charge is 0.220 e. The van der Waals surface area contributed by atoms with Gasteiger partial charge in [-0.05, 0) is 48.4 Å². The monoisotopic (exact) mass is 377 g/mol. The van der Waals surface area contributed by atoms with Gasteiger partial charge in [0.15, 0.2) is 11.5 Å². The summed E-state index contributed by atoms with van der Waals surface area (Å²) in [4.78, 5) is 13.1. The zero-order valence-corrected chi connectivity index (χ0v) is 15.4. The summed E-state index contributed by atoms with van der Waals surface area (Å²) in [5.74, 6) is 2.44. The molecule has 4 nitrogen and oxygen atoms in total. The molecule has 1 heterocycles. The Hall–Kier alpha value is -1.85. The highest BCUT2D eigenvalue weighted by molar-refractivity contribution is 7.99. The molecule has 0 saturated carbocycles. The Bertz CT molecular complexity index is 721. The SMILES string of the molecule is O=C(CCc1ccc2c(c1)OCCO2)NCCSc1ccc(Cl)cc1. The van der Waals surface area contributed by atoms with Gasteiger partial charge in [-0.15, -0.1) is 11.8 Å². The molecule has 6 heteroatoms. The molecule has 1 aliphatic heterocycles. The molecule has 132 valence electrons. The van der Waals surface area contributed by atoms with E-state index in [9.17, 15) is 4.79 Å². The van der Waals surface area contributed by atoms with Crippen LogP contribution in [0.5, 0.6) is 11.5 Å². The second kappa shape index (κ2) is 9.02. The van der Waals surface area contributed by atoms with Gasteiger partial charge in [0, 0.05) is 28.6 Å². The Labute approximate surface area is 156 Å². The van der Waals surface area contributed by atoms with Crippen LogP contribution in [-0.2, 0) is 11.2 Å². The molecule has 3 rings (SSSR count). The van der Waals surface area contributed by atoms with Crippen LogP contribution in [0.1, 0.15) is 12.0 Å². The summed E-state index contributed by atoms with van der Waals surface area (Å²) in [6, 6.07) is 13.6. The third-order valence-electron chi connectivity index (χ3n) is 3.75. The molecule has 0 fully saturated rings. The van der Waals surface area contributed by atoms with Crippen LogP contribution < -0.4 is 14.8 Å². The van der Waals surface area contributed by atoms with E-state index >= 15 is 0 Å². The molecular weight excluding hydrogens is 358 g/mol. The van der Waals surface area contributed by atoms with Crippen molar-refractivity contribution in [2.45, 2.75) is 17.7 Å². The van der Waals surface area contributed by atoms with E-state index in [1.807, 2.05) is 42.5 Å². The van der Waals surface area contributed by atoms with Gasteiger partial charge in [0.2, 0.25) is 5.91 Å². The first-order chi connectivity index (χ1) is 12.2. The summed E-state index contributed by atoms with van der Waals surface area (Å²) < 4.78 is 11.1. The van der Waals surface area contributed by atoms with Crippen molar-refractivity contribution in [2.75, 3.05) is 25.5 Å². The molecule has 2 aromatic rings. The van der Waals surface area contributed by atoms with Gasteiger partial charge < -0.3 is 14.8 Å². The van der Waals surface area contributed by atoms with Crippen molar-refractivity contribution < 1.29 is 14.3 Å². The molecule has 0 bridgehead atoms. The van der Waals surface area contributed by atoms with Gasteiger partial charge >= 0.3 is 0 Å². The van der Waals surface area contributed by atoms with E-state index < -0.39 is 0 Å². The summed E-state index contributed by atoms with van der Waals surface area (Å²) in [5.41, 5.74) is 1.08. The molecule has 0 aromatic heterocycles. The normalized spacial score (nSPS) is 12.7. The van der Waals surface area contributed by atoms with Gasteiger partial charge in [-0.2, -0.15) is 0 Å². The number of hydrogen-bond acceptors (Lipinski definition) is 4. The maximum Gasteiger partial charge on any atom is 0.220 e. The molecular formula is C19H20ClNO3S. The predicted molar refractivity (Wildman–Crippen MR) is 101 cm³/mol. The lowest BCUT2D eigenvalue weighted by atomic mass is 10.1. The Balaban J connectivity index is 1.36. The minimum atomic E-state index is 0.0617. The fourth-order valence-corrected chi connectivity index (χ4v) is 3.37. The topological polar surface area (TPSA) is 47.6 Å². The van der Waals surface area contributed by atoms with Gasteiger partial charge in [0.05, 0.1) is 0 Å². The van der Waals surface area contributed by atoms with Crippen LogP contribution in [0, 0.1) is 0 Å². The molecule has 0 atom stereocenters. The number of hydrogen-bond donors (Lipinski definition) is 1. The highest BCUT2D eigenvalue weighted by Crippen LogP contribution is 2.31. The first-order valence-corrected chi connectivity index (χ1v) is 9.61. The van der Waals surface area contributed by atoms with Crippen LogP contribution in [0.2, 0.25) is 5.02 Å². The zero-order chi connectivity index (χ0) is 17.5. The van der Waals surface area contributed by atoms with Crippen molar-refractivity contribution in [1.29, 1.82) is 0 Å². The molecule has 0 radical (unpaired) electrons. The molecule has 0 unspecified atom stereocenters. The average Bonchev–Trinajstić information content (AvgIpc) is 2.65. The maximum atomic E-state index is 12.0. The van der Waals surface area contributed by atoms with Crippen molar-refractivity contribution in [1.82, 2.24) is 5.32 Å². The Kier molecular flexibility index (Phi) is 6.48. The van der Waals surface area contributed by atoms with Crippen LogP contribution in [0.3, 0.4) is 0 Å². The van der Waals surface area contributed by atoms with E-state index in [2.05, 4.69) is 5.32 Å². The highest BCUT2D eigenvalue weighted by atomic mass is 35.5. The van der Waals surface area contributed by atoms with Crippen LogP contribution in [0.4, 0.5) is 0 Å². The predicted octanol–water partition coefficient (Wildman–Crippen LogP) is 3.95. The molecule has 25 heavy (non-hydrogen) atoms. The van der Waals surface area contributed by atoms with E-state index in [1.165, 1.54) is 0 Å². The molecule has 1 aliphatic rings.